The maximum absolute atomic E-state index is 12.9. The van der Waals surface area contributed by atoms with Gasteiger partial charge in [-0.25, -0.2) is 9.78 Å². The van der Waals surface area contributed by atoms with E-state index in [0.717, 1.165) is 12.8 Å². The topological polar surface area (TPSA) is 79.7 Å². The van der Waals surface area contributed by atoms with Crippen LogP contribution in [0.3, 0.4) is 0 Å². The van der Waals surface area contributed by atoms with Crippen LogP contribution in [0.25, 0.3) is 0 Å². The van der Waals surface area contributed by atoms with Crippen LogP contribution in [0.2, 0.25) is 5.15 Å². The van der Waals surface area contributed by atoms with Gasteiger partial charge in [-0.3, -0.25) is 4.79 Å². The summed E-state index contributed by atoms with van der Waals surface area (Å²) in [4.78, 5) is 30.5. The van der Waals surface area contributed by atoms with E-state index in [1.165, 1.54) is 0 Å². The van der Waals surface area contributed by atoms with Crippen molar-refractivity contribution >= 4 is 23.5 Å². The Labute approximate surface area is 151 Å². The van der Waals surface area contributed by atoms with E-state index >= 15 is 0 Å². The lowest BCUT2D eigenvalue weighted by Crippen LogP contribution is -2.46. The Balaban J connectivity index is 2.01. The van der Waals surface area contributed by atoms with Crippen molar-refractivity contribution in [2.75, 3.05) is 13.2 Å². The summed E-state index contributed by atoms with van der Waals surface area (Å²) in [6.07, 6.45) is 3.37. The van der Waals surface area contributed by atoms with E-state index < -0.39 is 17.8 Å². The van der Waals surface area contributed by atoms with Crippen molar-refractivity contribution in [1.82, 2.24) is 9.88 Å². The SMILES string of the molecule is CC1=C(C(=O)O)[C@H](c2ccc(Cl)nc2)C(C)C(=O)N1C[C@H]1CCCO1. The van der Waals surface area contributed by atoms with Crippen LogP contribution in [0.1, 0.15) is 38.2 Å². The number of ether oxygens (including phenoxy) is 1. The number of nitrogens with zero attached hydrogens (tertiary/aromatic N) is 2. The van der Waals surface area contributed by atoms with Crippen LogP contribution >= 0.6 is 11.6 Å². The lowest BCUT2D eigenvalue weighted by atomic mass is 9.77. The summed E-state index contributed by atoms with van der Waals surface area (Å²) in [7, 11) is 0. The summed E-state index contributed by atoms with van der Waals surface area (Å²) >= 11 is 5.83. The molecule has 3 heterocycles. The number of aliphatic carboxylic acids is 1. The molecule has 0 spiro atoms. The first-order valence-corrected chi connectivity index (χ1v) is 8.76. The zero-order valence-electron chi connectivity index (χ0n) is 14.2. The number of carboxylic acids is 1. The van der Waals surface area contributed by atoms with Crippen LogP contribution in [0.4, 0.5) is 0 Å². The van der Waals surface area contributed by atoms with E-state index in [4.69, 9.17) is 16.3 Å². The largest absolute Gasteiger partial charge is 0.478 e. The summed E-state index contributed by atoms with van der Waals surface area (Å²) in [6, 6.07) is 3.34. The molecule has 0 bridgehead atoms. The van der Waals surface area contributed by atoms with Gasteiger partial charge in [-0.1, -0.05) is 24.6 Å². The van der Waals surface area contributed by atoms with E-state index in [1.54, 1.807) is 37.1 Å². The molecule has 3 atom stereocenters. The van der Waals surface area contributed by atoms with E-state index in [0.29, 0.717) is 29.6 Å². The maximum atomic E-state index is 12.9. The molecule has 0 aliphatic carbocycles. The molecule has 6 nitrogen and oxygen atoms in total. The van der Waals surface area contributed by atoms with Crippen molar-refractivity contribution in [3.8, 4) is 0 Å². The highest BCUT2D eigenvalue weighted by Crippen LogP contribution is 2.40. The molecule has 7 heteroatoms. The molecule has 1 fully saturated rings. The molecule has 0 radical (unpaired) electrons. The fraction of sp³-hybridized carbons (Fsp3) is 0.500. The van der Waals surface area contributed by atoms with Gasteiger partial charge in [0.15, 0.2) is 0 Å². The Hall–Kier alpha value is -1.92. The molecule has 134 valence electrons. The Morgan fingerprint density at radius 3 is 2.80 bits per heavy atom. The predicted octanol–water partition coefficient (Wildman–Crippen LogP) is 2.83. The Kier molecular flexibility index (Phi) is 5.11. The van der Waals surface area contributed by atoms with E-state index in [-0.39, 0.29) is 17.6 Å². The van der Waals surface area contributed by atoms with Crippen molar-refractivity contribution in [2.24, 2.45) is 5.92 Å². The normalized spacial score (nSPS) is 27.1. The smallest absolute Gasteiger partial charge is 0.333 e. The number of amides is 1. The zero-order chi connectivity index (χ0) is 18.1. The Bertz CT molecular complexity index is 710. The fourth-order valence-corrected chi connectivity index (χ4v) is 3.82. The van der Waals surface area contributed by atoms with Crippen molar-refractivity contribution in [2.45, 2.75) is 38.7 Å². The van der Waals surface area contributed by atoms with Crippen LogP contribution in [-0.2, 0) is 14.3 Å². The van der Waals surface area contributed by atoms with Gasteiger partial charge in [-0.05, 0) is 31.4 Å². The number of hydrogen-bond donors (Lipinski definition) is 1. The van der Waals surface area contributed by atoms with Gasteiger partial charge in [-0.2, -0.15) is 0 Å². The predicted molar refractivity (Wildman–Crippen MR) is 92.2 cm³/mol. The Morgan fingerprint density at radius 1 is 1.48 bits per heavy atom. The standard InChI is InChI=1S/C18H21ClN2O4/c1-10-15(12-5-6-14(19)20-8-12)16(18(23)24)11(2)21(17(10)22)9-13-4-3-7-25-13/h5-6,8,10,13,15H,3-4,7,9H2,1-2H3,(H,23,24)/t10?,13-,15+/m1/s1. The molecule has 0 saturated carbocycles. The lowest BCUT2D eigenvalue weighted by molar-refractivity contribution is -0.138. The van der Waals surface area contributed by atoms with Crippen LogP contribution < -0.4 is 0 Å². The van der Waals surface area contributed by atoms with Crippen LogP contribution in [0, 0.1) is 5.92 Å². The van der Waals surface area contributed by atoms with Gasteiger partial charge in [0.1, 0.15) is 5.15 Å². The summed E-state index contributed by atoms with van der Waals surface area (Å²) in [6.45, 7) is 4.55. The number of carbonyl (C=O) groups is 2. The highest BCUT2D eigenvalue weighted by atomic mass is 35.5. The first-order valence-electron chi connectivity index (χ1n) is 8.38. The third-order valence-electron chi connectivity index (χ3n) is 5.01. The molecule has 1 unspecified atom stereocenters. The molecule has 25 heavy (non-hydrogen) atoms. The number of rotatable bonds is 4. The van der Waals surface area contributed by atoms with Gasteiger partial charge >= 0.3 is 5.97 Å². The first kappa shape index (κ1) is 17.9. The summed E-state index contributed by atoms with van der Waals surface area (Å²) in [5.74, 6) is -2.15. The van der Waals surface area contributed by atoms with Crippen molar-refractivity contribution in [3.63, 3.8) is 0 Å². The molecule has 1 N–H and O–H groups in total. The quantitative estimate of drug-likeness (QED) is 0.831. The molecule has 2 aliphatic heterocycles. The van der Waals surface area contributed by atoms with E-state index in [9.17, 15) is 14.7 Å². The molecular formula is C18H21ClN2O4. The van der Waals surface area contributed by atoms with Crippen LogP contribution in [-0.4, -0.2) is 46.1 Å². The molecule has 3 rings (SSSR count). The lowest BCUT2D eigenvalue weighted by Gasteiger charge is -2.38. The van der Waals surface area contributed by atoms with Gasteiger partial charge in [0.25, 0.3) is 0 Å². The van der Waals surface area contributed by atoms with Gasteiger partial charge in [0.05, 0.1) is 18.2 Å². The minimum Gasteiger partial charge on any atom is -0.478 e. The third-order valence-corrected chi connectivity index (χ3v) is 5.23. The van der Waals surface area contributed by atoms with Crippen molar-refractivity contribution in [1.29, 1.82) is 0 Å². The first-order chi connectivity index (χ1) is 11.9. The average molecular weight is 365 g/mol. The zero-order valence-corrected chi connectivity index (χ0v) is 15.0. The fourth-order valence-electron chi connectivity index (χ4n) is 3.71. The molecule has 1 aromatic heterocycles. The molecular weight excluding hydrogens is 344 g/mol. The molecule has 1 aromatic rings. The second kappa shape index (κ2) is 7.14. The highest BCUT2D eigenvalue weighted by molar-refractivity contribution is 6.29. The number of hydrogen-bond acceptors (Lipinski definition) is 4. The van der Waals surface area contributed by atoms with Gasteiger partial charge in [-0.15, -0.1) is 0 Å². The number of halogens is 1. The Morgan fingerprint density at radius 2 is 2.24 bits per heavy atom. The van der Waals surface area contributed by atoms with Gasteiger partial charge in [0, 0.05) is 30.3 Å². The second-order valence-electron chi connectivity index (χ2n) is 6.57. The second-order valence-corrected chi connectivity index (χ2v) is 6.96. The molecule has 1 amide bonds. The molecule has 2 aliphatic rings. The highest BCUT2D eigenvalue weighted by Gasteiger charge is 2.42. The summed E-state index contributed by atoms with van der Waals surface area (Å²) in [5.41, 5.74) is 1.39. The summed E-state index contributed by atoms with van der Waals surface area (Å²) in [5, 5.41) is 10.1. The minimum atomic E-state index is -1.02. The minimum absolute atomic E-state index is 0.0325. The molecule has 1 saturated heterocycles. The third kappa shape index (κ3) is 3.41. The van der Waals surface area contributed by atoms with Crippen LogP contribution in [0.5, 0.6) is 0 Å². The maximum Gasteiger partial charge on any atom is 0.333 e. The van der Waals surface area contributed by atoms with E-state index in [1.807, 2.05) is 0 Å². The number of carbonyl (C=O) groups excluding carboxylic acids is 1. The van der Waals surface area contributed by atoms with E-state index in [2.05, 4.69) is 4.98 Å². The van der Waals surface area contributed by atoms with Gasteiger partial charge in [0.2, 0.25) is 5.91 Å². The summed E-state index contributed by atoms with van der Waals surface area (Å²) < 4.78 is 5.62. The monoisotopic (exact) mass is 364 g/mol. The average Bonchev–Trinajstić information content (AvgIpc) is 3.08. The number of allylic oxidation sites excluding steroid dienone is 1. The number of aromatic nitrogens is 1. The number of pyridine rings is 1. The number of carboxylic acid groups (broad SMARTS) is 1. The van der Waals surface area contributed by atoms with Gasteiger partial charge < -0.3 is 14.7 Å². The van der Waals surface area contributed by atoms with Crippen molar-refractivity contribution < 1.29 is 19.4 Å². The van der Waals surface area contributed by atoms with Crippen molar-refractivity contribution in [3.05, 3.63) is 40.3 Å². The van der Waals surface area contributed by atoms with Crippen LogP contribution in [0.15, 0.2) is 29.6 Å². The molecule has 0 aromatic carbocycles.